The van der Waals surface area contributed by atoms with Crippen LogP contribution in [0, 0.1) is 5.92 Å². The maximum atomic E-state index is 11.6. The molecular weight excluding hydrogens is 242 g/mol. The Bertz CT molecular complexity index is 442. The van der Waals surface area contributed by atoms with Crippen molar-refractivity contribution in [1.82, 2.24) is 5.32 Å². The molecular formula is C15H21NO3. The number of hydrogen-bond donors (Lipinski definition) is 2. The summed E-state index contributed by atoms with van der Waals surface area (Å²) < 4.78 is 0. The molecule has 0 aliphatic heterocycles. The number of carboxylic acid groups (broad SMARTS) is 1. The van der Waals surface area contributed by atoms with E-state index in [9.17, 15) is 9.59 Å². The van der Waals surface area contributed by atoms with Gasteiger partial charge in [0.1, 0.15) is 0 Å². The summed E-state index contributed by atoms with van der Waals surface area (Å²) in [7, 11) is 0. The van der Waals surface area contributed by atoms with E-state index in [1.807, 2.05) is 13.0 Å². The molecule has 0 radical (unpaired) electrons. The molecule has 0 saturated heterocycles. The van der Waals surface area contributed by atoms with Crippen LogP contribution in [0.15, 0.2) is 23.9 Å². The second kappa shape index (κ2) is 5.19. The van der Waals surface area contributed by atoms with Gasteiger partial charge in [-0.15, -0.1) is 6.58 Å². The van der Waals surface area contributed by atoms with E-state index in [1.54, 1.807) is 0 Å². The average Bonchev–Trinajstić information content (AvgIpc) is 2.71. The quantitative estimate of drug-likeness (QED) is 0.764. The second-order valence-corrected chi connectivity index (χ2v) is 5.62. The van der Waals surface area contributed by atoms with E-state index in [0.717, 1.165) is 30.5 Å². The first-order chi connectivity index (χ1) is 8.97. The van der Waals surface area contributed by atoms with Crippen molar-refractivity contribution in [2.24, 2.45) is 5.92 Å². The number of carbonyl (C=O) groups excluding carboxylic acids is 1. The zero-order valence-electron chi connectivity index (χ0n) is 11.4. The lowest BCUT2D eigenvalue weighted by Gasteiger charge is -2.39. The first-order valence-corrected chi connectivity index (χ1v) is 6.85. The monoisotopic (exact) mass is 263 g/mol. The Morgan fingerprint density at radius 1 is 1.42 bits per heavy atom. The van der Waals surface area contributed by atoms with Crippen LogP contribution in [0.4, 0.5) is 0 Å². The van der Waals surface area contributed by atoms with Crippen LogP contribution >= 0.6 is 0 Å². The summed E-state index contributed by atoms with van der Waals surface area (Å²) in [6.07, 6.45) is 6.08. The summed E-state index contributed by atoms with van der Waals surface area (Å²) in [5, 5.41) is 12.5. The molecule has 0 aromatic carbocycles. The van der Waals surface area contributed by atoms with Crippen molar-refractivity contribution in [3.63, 3.8) is 0 Å². The summed E-state index contributed by atoms with van der Waals surface area (Å²) in [6, 6.07) is 0. The Balaban J connectivity index is 2.07. The van der Waals surface area contributed by atoms with E-state index in [2.05, 4.69) is 11.9 Å². The summed E-state index contributed by atoms with van der Waals surface area (Å²) in [6.45, 7) is 5.75. The van der Waals surface area contributed by atoms with Crippen molar-refractivity contribution in [2.75, 3.05) is 0 Å². The second-order valence-electron chi connectivity index (χ2n) is 5.62. The number of allylic oxidation sites excluding steroid dienone is 2. The predicted octanol–water partition coefficient (Wildman–Crippen LogP) is 2.41. The lowest BCUT2D eigenvalue weighted by molar-refractivity contribution is -0.143. The van der Waals surface area contributed by atoms with Gasteiger partial charge in [-0.05, 0) is 39.0 Å². The van der Waals surface area contributed by atoms with Crippen molar-refractivity contribution in [3.8, 4) is 0 Å². The van der Waals surface area contributed by atoms with Crippen LogP contribution in [0.3, 0.4) is 0 Å². The van der Waals surface area contributed by atoms with Gasteiger partial charge in [-0.2, -0.15) is 0 Å². The van der Waals surface area contributed by atoms with Gasteiger partial charge >= 0.3 is 5.97 Å². The fraction of sp³-hybridized carbons (Fsp3) is 0.600. The Morgan fingerprint density at radius 3 is 2.47 bits per heavy atom. The van der Waals surface area contributed by atoms with Crippen molar-refractivity contribution in [1.29, 1.82) is 0 Å². The number of ketones is 1. The van der Waals surface area contributed by atoms with Crippen LogP contribution in [0.2, 0.25) is 0 Å². The average molecular weight is 263 g/mol. The molecule has 1 saturated carbocycles. The third-order valence-electron chi connectivity index (χ3n) is 4.49. The van der Waals surface area contributed by atoms with Gasteiger partial charge in [0.25, 0.3) is 0 Å². The van der Waals surface area contributed by atoms with Crippen LogP contribution in [0.25, 0.3) is 0 Å². The van der Waals surface area contributed by atoms with Gasteiger partial charge in [-0.1, -0.05) is 6.08 Å². The molecule has 0 spiro atoms. The van der Waals surface area contributed by atoms with Crippen LogP contribution in [-0.2, 0) is 9.59 Å². The first kappa shape index (κ1) is 13.8. The molecule has 0 aromatic heterocycles. The first-order valence-electron chi connectivity index (χ1n) is 6.85. The van der Waals surface area contributed by atoms with Gasteiger partial charge in [0.15, 0.2) is 5.78 Å². The predicted molar refractivity (Wildman–Crippen MR) is 72.6 cm³/mol. The Kier molecular flexibility index (Phi) is 3.78. The van der Waals surface area contributed by atoms with Crippen LogP contribution in [-0.4, -0.2) is 22.4 Å². The normalized spacial score (nSPS) is 31.4. The summed E-state index contributed by atoms with van der Waals surface area (Å²) >= 11 is 0. The molecule has 19 heavy (non-hydrogen) atoms. The molecule has 4 heteroatoms. The summed E-state index contributed by atoms with van der Waals surface area (Å²) in [5.41, 5.74) is 1.59. The third-order valence-corrected chi connectivity index (χ3v) is 4.49. The van der Waals surface area contributed by atoms with E-state index in [1.165, 1.54) is 0 Å². The molecule has 0 aromatic rings. The Hall–Kier alpha value is -1.58. The Labute approximate surface area is 113 Å². The van der Waals surface area contributed by atoms with Gasteiger partial charge in [0.05, 0.1) is 11.5 Å². The minimum atomic E-state index is -0.705. The number of rotatable bonds is 4. The van der Waals surface area contributed by atoms with Crippen LogP contribution < -0.4 is 5.32 Å². The van der Waals surface area contributed by atoms with Gasteiger partial charge < -0.3 is 10.4 Å². The van der Waals surface area contributed by atoms with E-state index in [0.29, 0.717) is 19.3 Å². The number of aliphatic carboxylic acids is 1. The topological polar surface area (TPSA) is 66.4 Å². The minimum absolute atomic E-state index is 0.209. The fourth-order valence-corrected chi connectivity index (χ4v) is 3.00. The smallest absolute Gasteiger partial charge is 0.306 e. The lowest BCUT2D eigenvalue weighted by atomic mass is 9.76. The van der Waals surface area contributed by atoms with E-state index in [-0.39, 0.29) is 17.2 Å². The molecule has 0 atom stereocenters. The highest BCUT2D eigenvalue weighted by molar-refractivity contribution is 5.98. The molecule has 2 aliphatic rings. The van der Waals surface area contributed by atoms with E-state index in [4.69, 9.17) is 5.11 Å². The minimum Gasteiger partial charge on any atom is -0.481 e. The SMILES string of the molecule is C=CC1(NC2=C(C)C(=O)CC2)CCC(C(=O)O)CC1. The molecule has 0 amide bonds. The molecule has 0 heterocycles. The van der Waals surface area contributed by atoms with Crippen molar-refractivity contribution < 1.29 is 14.7 Å². The number of carbonyl (C=O) groups is 2. The molecule has 1 fully saturated rings. The molecule has 0 bridgehead atoms. The number of carboxylic acids is 1. The zero-order valence-corrected chi connectivity index (χ0v) is 11.4. The van der Waals surface area contributed by atoms with E-state index < -0.39 is 5.97 Å². The Morgan fingerprint density at radius 2 is 2.05 bits per heavy atom. The highest BCUT2D eigenvalue weighted by Crippen LogP contribution is 2.35. The lowest BCUT2D eigenvalue weighted by Crippen LogP contribution is -2.46. The van der Waals surface area contributed by atoms with Crippen molar-refractivity contribution in [2.45, 2.75) is 51.0 Å². The van der Waals surface area contributed by atoms with E-state index >= 15 is 0 Å². The molecule has 4 nitrogen and oxygen atoms in total. The summed E-state index contributed by atoms with van der Waals surface area (Å²) in [4.78, 5) is 22.6. The summed E-state index contributed by atoms with van der Waals surface area (Å²) in [5.74, 6) is -0.736. The molecule has 2 N–H and O–H groups in total. The molecule has 104 valence electrons. The standard InChI is InChI=1S/C15H21NO3/c1-3-15(8-6-11(7-9-15)14(18)19)16-12-4-5-13(17)10(12)2/h3,11,16H,1,4-9H2,2H3,(H,18,19). The molecule has 2 rings (SSSR count). The van der Waals surface area contributed by atoms with Gasteiger partial charge in [0, 0.05) is 17.7 Å². The zero-order chi connectivity index (χ0) is 14.0. The van der Waals surface area contributed by atoms with Gasteiger partial charge in [-0.3, -0.25) is 9.59 Å². The molecule has 0 unspecified atom stereocenters. The number of hydrogen-bond acceptors (Lipinski definition) is 3. The third kappa shape index (κ3) is 2.72. The highest BCUT2D eigenvalue weighted by atomic mass is 16.4. The largest absolute Gasteiger partial charge is 0.481 e. The maximum absolute atomic E-state index is 11.6. The van der Waals surface area contributed by atoms with Gasteiger partial charge in [-0.25, -0.2) is 0 Å². The number of Topliss-reactive ketones (excluding diaryl/α,β-unsaturated/α-hetero) is 1. The molecule has 2 aliphatic carbocycles. The maximum Gasteiger partial charge on any atom is 0.306 e. The fourth-order valence-electron chi connectivity index (χ4n) is 3.00. The number of nitrogens with one attached hydrogen (secondary N) is 1. The van der Waals surface area contributed by atoms with Crippen LogP contribution in [0.5, 0.6) is 0 Å². The highest BCUT2D eigenvalue weighted by Gasteiger charge is 2.36. The van der Waals surface area contributed by atoms with Crippen molar-refractivity contribution in [3.05, 3.63) is 23.9 Å². The van der Waals surface area contributed by atoms with Gasteiger partial charge in [0.2, 0.25) is 0 Å². The van der Waals surface area contributed by atoms with Crippen molar-refractivity contribution >= 4 is 11.8 Å². The van der Waals surface area contributed by atoms with Crippen LogP contribution in [0.1, 0.15) is 45.4 Å².